The minimum atomic E-state index is -0.299. The zero-order valence-corrected chi connectivity index (χ0v) is 14.6. The normalized spacial score (nSPS) is 17.0. The fourth-order valence-corrected chi connectivity index (χ4v) is 3.62. The average Bonchev–Trinajstić information content (AvgIpc) is 3.08. The first kappa shape index (κ1) is 16.5. The van der Waals surface area contributed by atoms with Gasteiger partial charge in [0.2, 0.25) is 5.91 Å². The van der Waals surface area contributed by atoms with E-state index < -0.39 is 0 Å². The van der Waals surface area contributed by atoms with Crippen molar-refractivity contribution in [1.29, 1.82) is 0 Å². The molecule has 1 aliphatic heterocycles. The summed E-state index contributed by atoms with van der Waals surface area (Å²) in [4.78, 5) is 18.7. The summed E-state index contributed by atoms with van der Waals surface area (Å²) < 4.78 is 2.13. The largest absolute Gasteiger partial charge is 0.368 e. The van der Waals surface area contributed by atoms with Gasteiger partial charge in [0.15, 0.2) is 0 Å². The van der Waals surface area contributed by atoms with E-state index in [1.54, 1.807) is 0 Å². The molecule has 4 rings (SSSR count). The number of hydrogen-bond donors (Lipinski definition) is 1. The van der Waals surface area contributed by atoms with Crippen molar-refractivity contribution in [2.24, 2.45) is 5.73 Å². The van der Waals surface area contributed by atoms with Gasteiger partial charge in [0.05, 0.1) is 12.6 Å². The minimum Gasteiger partial charge on any atom is -0.368 e. The number of fused-ring (bicyclic) bond motifs is 1. The van der Waals surface area contributed by atoms with E-state index in [0.717, 1.165) is 12.4 Å². The molecule has 0 unspecified atom stereocenters. The quantitative estimate of drug-likeness (QED) is 0.771. The molecule has 1 atom stereocenters. The van der Waals surface area contributed by atoms with Gasteiger partial charge < -0.3 is 10.3 Å². The number of amides is 1. The molecule has 3 aromatic rings. The third kappa shape index (κ3) is 3.39. The third-order valence-corrected chi connectivity index (χ3v) is 5.02. The lowest BCUT2D eigenvalue weighted by atomic mass is 9.93. The maximum Gasteiger partial charge on any atom is 0.235 e. The predicted molar refractivity (Wildman–Crippen MR) is 100 cm³/mol. The Morgan fingerprint density at radius 3 is 2.54 bits per heavy atom. The molecule has 2 heterocycles. The summed E-state index contributed by atoms with van der Waals surface area (Å²) in [6.07, 6.45) is 4.46. The Bertz CT molecular complexity index is 903. The number of aromatic nitrogens is 2. The fraction of sp³-hybridized carbons (Fsp3) is 0.238. The number of nitrogens with two attached hydrogens (primary N) is 1. The highest BCUT2D eigenvalue weighted by atomic mass is 16.1. The molecule has 1 aromatic heterocycles. The second-order valence-corrected chi connectivity index (χ2v) is 6.75. The summed E-state index contributed by atoms with van der Waals surface area (Å²) in [5.74, 6) is 0.667. The van der Waals surface area contributed by atoms with Crippen molar-refractivity contribution in [2.45, 2.75) is 32.1 Å². The van der Waals surface area contributed by atoms with Crippen LogP contribution in [0, 0.1) is 0 Å². The summed E-state index contributed by atoms with van der Waals surface area (Å²) in [6.45, 7) is 2.07. The number of benzene rings is 2. The maximum absolute atomic E-state index is 12.0. The molecule has 0 spiro atoms. The highest BCUT2D eigenvalue weighted by Gasteiger charge is 2.30. The second kappa shape index (κ2) is 7.14. The highest BCUT2D eigenvalue weighted by Crippen LogP contribution is 2.24. The summed E-state index contributed by atoms with van der Waals surface area (Å²) in [6, 6.07) is 18.3. The van der Waals surface area contributed by atoms with Gasteiger partial charge in [-0.15, -0.1) is 0 Å². The maximum atomic E-state index is 12.0. The Kier molecular flexibility index (Phi) is 4.54. The Morgan fingerprint density at radius 2 is 1.77 bits per heavy atom. The molecular weight excluding hydrogens is 324 g/mol. The van der Waals surface area contributed by atoms with Crippen molar-refractivity contribution in [1.82, 2.24) is 14.5 Å². The van der Waals surface area contributed by atoms with E-state index in [9.17, 15) is 4.79 Å². The van der Waals surface area contributed by atoms with Gasteiger partial charge in [-0.2, -0.15) is 0 Å². The molecule has 0 fully saturated rings. The molecular formula is C21H22N4O. The average molecular weight is 346 g/mol. The molecule has 26 heavy (non-hydrogen) atoms. The van der Waals surface area contributed by atoms with Gasteiger partial charge >= 0.3 is 0 Å². The van der Waals surface area contributed by atoms with E-state index in [2.05, 4.69) is 38.7 Å². The lowest BCUT2D eigenvalue weighted by Gasteiger charge is -2.34. The van der Waals surface area contributed by atoms with Crippen LogP contribution in [-0.2, 0) is 30.8 Å². The molecule has 0 radical (unpaired) electrons. The van der Waals surface area contributed by atoms with Crippen LogP contribution < -0.4 is 5.73 Å². The third-order valence-electron chi connectivity index (χ3n) is 5.02. The van der Waals surface area contributed by atoms with E-state index in [1.807, 2.05) is 42.7 Å². The van der Waals surface area contributed by atoms with Crippen LogP contribution in [0.3, 0.4) is 0 Å². The zero-order valence-electron chi connectivity index (χ0n) is 14.6. The fourth-order valence-electron chi connectivity index (χ4n) is 3.62. The van der Waals surface area contributed by atoms with Crippen LogP contribution in [0.25, 0.3) is 0 Å². The molecule has 5 heteroatoms. The molecule has 132 valence electrons. The minimum absolute atomic E-state index is 0.277. The van der Waals surface area contributed by atoms with Crippen molar-refractivity contribution in [3.05, 3.63) is 89.5 Å². The van der Waals surface area contributed by atoms with Crippen LogP contribution in [0.1, 0.15) is 22.5 Å². The number of carbonyl (C=O) groups is 1. The van der Waals surface area contributed by atoms with Crippen LogP contribution in [0.2, 0.25) is 0 Å². The summed E-state index contributed by atoms with van der Waals surface area (Å²) >= 11 is 0. The monoisotopic (exact) mass is 346 g/mol. The van der Waals surface area contributed by atoms with Crippen LogP contribution in [0.4, 0.5) is 0 Å². The Morgan fingerprint density at radius 1 is 1.04 bits per heavy atom. The van der Waals surface area contributed by atoms with E-state index in [4.69, 9.17) is 5.73 Å². The Balaban J connectivity index is 1.57. The molecule has 0 saturated heterocycles. The van der Waals surface area contributed by atoms with Crippen LogP contribution in [0.15, 0.2) is 67.0 Å². The van der Waals surface area contributed by atoms with Gasteiger partial charge in [-0.1, -0.05) is 54.6 Å². The molecule has 5 nitrogen and oxygen atoms in total. The molecule has 1 amide bonds. The zero-order chi connectivity index (χ0) is 17.9. The lowest BCUT2D eigenvalue weighted by Crippen LogP contribution is -2.48. The number of nitrogens with zero attached hydrogens (tertiary/aromatic N) is 3. The van der Waals surface area contributed by atoms with Crippen molar-refractivity contribution in [3.63, 3.8) is 0 Å². The molecule has 2 aromatic carbocycles. The SMILES string of the molecule is NC(=O)[C@@H]1Cc2ccccc2CN1Cc1nccn1Cc1ccccc1. The van der Waals surface area contributed by atoms with Gasteiger partial charge in [0, 0.05) is 25.5 Å². The highest BCUT2D eigenvalue weighted by molar-refractivity contribution is 5.80. The van der Waals surface area contributed by atoms with E-state index >= 15 is 0 Å². The number of rotatable bonds is 5. The van der Waals surface area contributed by atoms with Gasteiger partial charge in [-0.25, -0.2) is 4.98 Å². The standard InChI is InChI=1S/C21H22N4O/c22-21(26)19-12-17-8-4-5-9-18(17)14-25(19)15-20-23-10-11-24(20)13-16-6-2-1-3-7-16/h1-11,19H,12-15H2,(H2,22,26)/t19-/m0/s1. The van der Waals surface area contributed by atoms with E-state index in [-0.39, 0.29) is 11.9 Å². The summed E-state index contributed by atoms with van der Waals surface area (Å²) in [5.41, 5.74) is 9.39. The van der Waals surface area contributed by atoms with Crippen molar-refractivity contribution >= 4 is 5.91 Å². The van der Waals surface area contributed by atoms with Gasteiger partial charge in [-0.3, -0.25) is 9.69 Å². The van der Waals surface area contributed by atoms with Crippen LogP contribution in [-0.4, -0.2) is 26.4 Å². The molecule has 0 aliphatic carbocycles. The number of hydrogen-bond acceptors (Lipinski definition) is 3. The first-order valence-electron chi connectivity index (χ1n) is 8.85. The number of imidazole rings is 1. The Hall–Kier alpha value is -2.92. The van der Waals surface area contributed by atoms with E-state index in [1.165, 1.54) is 16.7 Å². The Labute approximate surface area is 153 Å². The first-order chi connectivity index (χ1) is 12.7. The number of carbonyl (C=O) groups excluding carboxylic acids is 1. The molecule has 0 bridgehead atoms. The van der Waals surface area contributed by atoms with Gasteiger partial charge in [-0.05, 0) is 23.1 Å². The van der Waals surface area contributed by atoms with Gasteiger partial charge in [0.25, 0.3) is 0 Å². The van der Waals surface area contributed by atoms with Crippen LogP contribution in [0.5, 0.6) is 0 Å². The second-order valence-electron chi connectivity index (χ2n) is 6.75. The molecule has 0 saturated carbocycles. The smallest absolute Gasteiger partial charge is 0.235 e. The van der Waals surface area contributed by atoms with E-state index in [0.29, 0.717) is 19.5 Å². The molecule has 1 aliphatic rings. The summed E-state index contributed by atoms with van der Waals surface area (Å²) in [7, 11) is 0. The first-order valence-corrected chi connectivity index (χ1v) is 8.85. The van der Waals surface area contributed by atoms with Gasteiger partial charge in [0.1, 0.15) is 5.82 Å². The van der Waals surface area contributed by atoms with Crippen molar-refractivity contribution < 1.29 is 4.79 Å². The predicted octanol–water partition coefficient (Wildman–Crippen LogP) is 2.34. The summed E-state index contributed by atoms with van der Waals surface area (Å²) in [5, 5.41) is 0. The van der Waals surface area contributed by atoms with Crippen molar-refractivity contribution in [3.8, 4) is 0 Å². The van der Waals surface area contributed by atoms with Crippen LogP contribution >= 0.6 is 0 Å². The van der Waals surface area contributed by atoms with Crippen molar-refractivity contribution in [2.75, 3.05) is 0 Å². The molecule has 2 N–H and O–H groups in total. The topological polar surface area (TPSA) is 64.2 Å². The number of primary amides is 1. The lowest BCUT2D eigenvalue weighted by molar-refractivity contribution is -0.124.